The minimum atomic E-state index is -1.03. The number of nitrogens with zero attached hydrogens (tertiary/aromatic N) is 2. The van der Waals surface area contributed by atoms with Crippen molar-refractivity contribution in [3.63, 3.8) is 0 Å². The number of hydrogen-bond donors (Lipinski definition) is 2. The Bertz CT molecular complexity index is 1020. The summed E-state index contributed by atoms with van der Waals surface area (Å²) < 4.78 is 5.58. The minimum absolute atomic E-state index is 0.00450. The SMILES string of the molecule is CN(C)CCN(CC(=O)O)C(=O)C1CC(NC(=O)OCC2c3ccccc3-c3ccccc32)C1. The summed E-state index contributed by atoms with van der Waals surface area (Å²) in [4.78, 5) is 39.6. The Hall–Kier alpha value is -3.39. The third-order valence-corrected chi connectivity index (χ3v) is 6.61. The van der Waals surface area contributed by atoms with Crippen LogP contribution in [0, 0.1) is 5.92 Å². The molecule has 0 aromatic heterocycles. The standard InChI is InChI=1S/C26H31N3O5/c1-28(2)11-12-29(15-24(30)31)25(32)17-13-18(14-17)27-26(33)34-16-23-21-9-5-3-7-19(21)20-8-4-6-10-22(20)23/h3-10,17-18,23H,11-16H2,1-2H3,(H,27,33)(H,30,31). The first-order valence-corrected chi connectivity index (χ1v) is 11.6. The van der Waals surface area contributed by atoms with Gasteiger partial charge in [-0.15, -0.1) is 0 Å². The van der Waals surface area contributed by atoms with Crippen LogP contribution in [0.1, 0.15) is 29.9 Å². The average molecular weight is 466 g/mol. The number of benzene rings is 2. The quantitative estimate of drug-likeness (QED) is 0.591. The summed E-state index contributed by atoms with van der Waals surface area (Å²) in [5.74, 6) is -1.48. The lowest BCUT2D eigenvalue weighted by molar-refractivity contribution is -0.148. The van der Waals surface area contributed by atoms with Gasteiger partial charge in [0.15, 0.2) is 0 Å². The topological polar surface area (TPSA) is 99.2 Å². The second-order valence-electron chi connectivity index (χ2n) is 9.29. The van der Waals surface area contributed by atoms with Crippen molar-refractivity contribution < 1.29 is 24.2 Å². The number of alkyl carbamates (subject to hydrolysis) is 1. The fourth-order valence-corrected chi connectivity index (χ4v) is 4.75. The molecule has 2 amide bonds. The molecule has 2 aromatic rings. The van der Waals surface area contributed by atoms with Gasteiger partial charge in [-0.25, -0.2) is 4.79 Å². The molecule has 2 N–H and O–H groups in total. The lowest BCUT2D eigenvalue weighted by Crippen LogP contribution is -2.52. The monoisotopic (exact) mass is 465 g/mol. The summed E-state index contributed by atoms with van der Waals surface area (Å²) in [6, 6.07) is 16.2. The van der Waals surface area contributed by atoms with E-state index in [9.17, 15) is 14.4 Å². The zero-order valence-electron chi connectivity index (χ0n) is 19.6. The van der Waals surface area contributed by atoms with Gasteiger partial charge in [-0.1, -0.05) is 48.5 Å². The molecule has 0 radical (unpaired) electrons. The minimum Gasteiger partial charge on any atom is -0.480 e. The van der Waals surface area contributed by atoms with Gasteiger partial charge in [0.1, 0.15) is 13.2 Å². The van der Waals surface area contributed by atoms with Gasteiger partial charge in [-0.2, -0.15) is 0 Å². The van der Waals surface area contributed by atoms with E-state index in [1.165, 1.54) is 16.0 Å². The molecule has 2 aliphatic rings. The van der Waals surface area contributed by atoms with Crippen molar-refractivity contribution in [3.05, 3.63) is 59.7 Å². The van der Waals surface area contributed by atoms with E-state index < -0.39 is 12.1 Å². The molecule has 34 heavy (non-hydrogen) atoms. The Labute approximate surface area is 199 Å². The Morgan fingerprint density at radius 3 is 2.12 bits per heavy atom. The number of rotatable bonds is 9. The highest BCUT2D eigenvalue weighted by Crippen LogP contribution is 2.44. The molecule has 8 heteroatoms. The van der Waals surface area contributed by atoms with Crippen LogP contribution < -0.4 is 5.32 Å². The van der Waals surface area contributed by atoms with E-state index >= 15 is 0 Å². The maximum atomic E-state index is 12.7. The Balaban J connectivity index is 1.27. The van der Waals surface area contributed by atoms with Crippen molar-refractivity contribution in [1.29, 1.82) is 0 Å². The predicted octanol–water partition coefficient (Wildman–Crippen LogP) is 2.78. The lowest BCUT2D eigenvalue weighted by Gasteiger charge is -2.37. The fraction of sp³-hybridized carbons (Fsp3) is 0.423. The summed E-state index contributed by atoms with van der Waals surface area (Å²) in [7, 11) is 3.75. The lowest BCUT2D eigenvalue weighted by atomic mass is 9.79. The largest absolute Gasteiger partial charge is 0.480 e. The first-order valence-electron chi connectivity index (χ1n) is 11.6. The number of carboxylic acids is 1. The number of carboxylic acid groups (broad SMARTS) is 1. The second-order valence-corrected chi connectivity index (χ2v) is 9.29. The van der Waals surface area contributed by atoms with Crippen molar-refractivity contribution in [3.8, 4) is 11.1 Å². The van der Waals surface area contributed by atoms with Crippen LogP contribution in [0.3, 0.4) is 0 Å². The first-order chi connectivity index (χ1) is 16.3. The summed E-state index contributed by atoms with van der Waals surface area (Å²) in [6.07, 6.45) is 0.482. The summed E-state index contributed by atoms with van der Waals surface area (Å²) >= 11 is 0. The van der Waals surface area contributed by atoms with E-state index in [-0.39, 0.29) is 36.9 Å². The Kier molecular flexibility index (Phi) is 7.17. The maximum Gasteiger partial charge on any atom is 0.407 e. The maximum absolute atomic E-state index is 12.7. The van der Waals surface area contributed by atoms with E-state index in [0.717, 1.165) is 11.1 Å². The number of carbonyl (C=O) groups excluding carboxylic acids is 2. The molecule has 0 aliphatic heterocycles. The van der Waals surface area contributed by atoms with E-state index in [2.05, 4.69) is 29.6 Å². The highest BCUT2D eigenvalue weighted by molar-refractivity contribution is 5.84. The molecule has 0 spiro atoms. The molecule has 1 saturated carbocycles. The molecule has 2 aliphatic carbocycles. The summed E-state index contributed by atoms with van der Waals surface area (Å²) in [5.41, 5.74) is 4.66. The number of nitrogens with one attached hydrogen (secondary N) is 1. The normalized spacial score (nSPS) is 18.6. The summed E-state index contributed by atoms with van der Waals surface area (Å²) in [6.45, 7) is 0.881. The van der Waals surface area contributed by atoms with Gasteiger partial charge in [0.05, 0.1) is 0 Å². The second kappa shape index (κ2) is 10.3. The molecule has 180 valence electrons. The average Bonchev–Trinajstić information content (AvgIpc) is 3.10. The van der Waals surface area contributed by atoms with E-state index in [1.807, 2.05) is 43.3 Å². The molecular weight excluding hydrogens is 434 g/mol. The number of hydrogen-bond acceptors (Lipinski definition) is 5. The number of amides is 2. The molecule has 1 fully saturated rings. The molecule has 4 rings (SSSR count). The fourth-order valence-electron chi connectivity index (χ4n) is 4.75. The highest BCUT2D eigenvalue weighted by atomic mass is 16.5. The van der Waals surface area contributed by atoms with Gasteiger partial charge in [-0.3, -0.25) is 9.59 Å². The van der Waals surface area contributed by atoms with Crippen LogP contribution in [0.15, 0.2) is 48.5 Å². The Morgan fingerprint density at radius 2 is 1.56 bits per heavy atom. The molecule has 0 atom stereocenters. The van der Waals surface area contributed by atoms with Gasteiger partial charge in [0.2, 0.25) is 5.91 Å². The van der Waals surface area contributed by atoms with Crippen LogP contribution in [0.2, 0.25) is 0 Å². The first kappa shape index (κ1) is 23.8. The summed E-state index contributed by atoms with van der Waals surface area (Å²) in [5, 5.41) is 12.0. The van der Waals surface area contributed by atoms with Crippen LogP contribution in [0.25, 0.3) is 11.1 Å². The van der Waals surface area contributed by atoms with Crippen LogP contribution in [0.4, 0.5) is 4.79 Å². The number of carbonyl (C=O) groups is 3. The smallest absolute Gasteiger partial charge is 0.407 e. The number of likely N-dealkylation sites (N-methyl/N-ethyl adjacent to an activating group) is 1. The molecular formula is C26H31N3O5. The zero-order valence-corrected chi connectivity index (χ0v) is 19.6. The Morgan fingerprint density at radius 1 is 0.971 bits per heavy atom. The van der Waals surface area contributed by atoms with Gasteiger partial charge >= 0.3 is 12.1 Å². The van der Waals surface area contributed by atoms with Crippen molar-refractivity contribution in [2.24, 2.45) is 5.92 Å². The third kappa shape index (κ3) is 5.22. The van der Waals surface area contributed by atoms with Crippen LogP contribution in [-0.2, 0) is 14.3 Å². The van der Waals surface area contributed by atoms with E-state index in [0.29, 0.717) is 25.9 Å². The van der Waals surface area contributed by atoms with Gasteiger partial charge in [0.25, 0.3) is 0 Å². The molecule has 0 heterocycles. The van der Waals surface area contributed by atoms with Crippen molar-refractivity contribution in [2.45, 2.75) is 24.8 Å². The van der Waals surface area contributed by atoms with Gasteiger partial charge < -0.3 is 25.0 Å². The van der Waals surface area contributed by atoms with Crippen molar-refractivity contribution in [2.75, 3.05) is 40.3 Å². The molecule has 8 nitrogen and oxygen atoms in total. The van der Waals surface area contributed by atoms with Crippen molar-refractivity contribution >= 4 is 18.0 Å². The molecule has 0 bridgehead atoms. The number of fused-ring (bicyclic) bond motifs is 3. The van der Waals surface area contributed by atoms with Crippen LogP contribution in [-0.4, -0.2) is 79.3 Å². The van der Waals surface area contributed by atoms with Gasteiger partial charge in [0, 0.05) is 31.0 Å². The van der Waals surface area contributed by atoms with Crippen molar-refractivity contribution in [1.82, 2.24) is 15.1 Å². The molecule has 0 saturated heterocycles. The zero-order chi connectivity index (χ0) is 24.2. The predicted molar refractivity (Wildman–Crippen MR) is 127 cm³/mol. The van der Waals surface area contributed by atoms with Gasteiger partial charge in [-0.05, 0) is 49.2 Å². The van der Waals surface area contributed by atoms with E-state index in [1.54, 1.807) is 0 Å². The van der Waals surface area contributed by atoms with Crippen LogP contribution >= 0.6 is 0 Å². The van der Waals surface area contributed by atoms with E-state index in [4.69, 9.17) is 9.84 Å². The highest BCUT2D eigenvalue weighted by Gasteiger charge is 2.38. The number of aliphatic carboxylic acids is 1. The molecule has 0 unspecified atom stereocenters. The third-order valence-electron chi connectivity index (χ3n) is 6.61. The number of ether oxygens (including phenoxy) is 1. The van der Waals surface area contributed by atoms with Crippen LogP contribution in [0.5, 0.6) is 0 Å². The molecule has 2 aromatic carbocycles.